The lowest BCUT2D eigenvalue weighted by Gasteiger charge is -2.29. The maximum absolute atomic E-state index is 12.5. The summed E-state index contributed by atoms with van der Waals surface area (Å²) < 4.78 is 0.918. The molecule has 1 aromatic rings. The number of Topliss-reactive ketones (excluding diaryl/α,β-unsaturated/α-hetero) is 1. The fraction of sp³-hybridized carbons (Fsp3) is 0.467. The summed E-state index contributed by atoms with van der Waals surface area (Å²) in [6.07, 6.45) is 2.96. The van der Waals surface area contributed by atoms with E-state index in [-0.39, 0.29) is 5.78 Å². The van der Waals surface area contributed by atoms with Crippen molar-refractivity contribution >= 4 is 27.7 Å². The van der Waals surface area contributed by atoms with Gasteiger partial charge in [-0.2, -0.15) is 0 Å². The first-order valence-electron chi connectivity index (χ1n) is 6.78. The Morgan fingerprint density at radius 2 is 1.70 bits per heavy atom. The number of carboxylic acid groups (broad SMARTS) is 1. The second-order valence-corrected chi connectivity index (χ2v) is 6.18. The van der Waals surface area contributed by atoms with Crippen molar-refractivity contribution in [3.05, 3.63) is 34.3 Å². The molecule has 1 fully saturated rings. The van der Waals surface area contributed by atoms with Crippen molar-refractivity contribution in [2.75, 3.05) is 0 Å². The van der Waals surface area contributed by atoms with Gasteiger partial charge in [-0.15, -0.1) is 0 Å². The van der Waals surface area contributed by atoms with Gasteiger partial charge in [0.1, 0.15) is 0 Å². The highest BCUT2D eigenvalue weighted by Crippen LogP contribution is 2.33. The van der Waals surface area contributed by atoms with Gasteiger partial charge in [0.2, 0.25) is 0 Å². The van der Waals surface area contributed by atoms with Gasteiger partial charge < -0.3 is 10.8 Å². The molecule has 108 valence electrons. The van der Waals surface area contributed by atoms with Crippen LogP contribution in [-0.4, -0.2) is 16.9 Å². The molecular weight excluding hydrogens is 322 g/mol. The fourth-order valence-corrected chi connectivity index (χ4v) is 3.10. The Morgan fingerprint density at radius 1 is 1.15 bits per heavy atom. The van der Waals surface area contributed by atoms with Crippen molar-refractivity contribution in [1.29, 1.82) is 0 Å². The van der Waals surface area contributed by atoms with Crippen LogP contribution in [-0.2, 0) is 9.59 Å². The van der Waals surface area contributed by atoms with Gasteiger partial charge in [-0.25, -0.2) is 0 Å². The lowest BCUT2D eigenvalue weighted by Crippen LogP contribution is -2.37. The number of halogens is 1. The minimum atomic E-state index is -0.883. The number of rotatable bonds is 4. The van der Waals surface area contributed by atoms with E-state index in [0.29, 0.717) is 12.8 Å². The third kappa shape index (κ3) is 3.27. The van der Waals surface area contributed by atoms with Crippen LogP contribution in [0.25, 0.3) is 0 Å². The summed E-state index contributed by atoms with van der Waals surface area (Å²) in [5.41, 5.74) is 6.75. The summed E-state index contributed by atoms with van der Waals surface area (Å²) in [6.45, 7) is 0. The molecule has 2 rings (SSSR count). The second kappa shape index (κ2) is 6.50. The van der Waals surface area contributed by atoms with Gasteiger partial charge in [0, 0.05) is 10.4 Å². The molecule has 0 radical (unpaired) electrons. The zero-order chi connectivity index (χ0) is 14.7. The van der Waals surface area contributed by atoms with Crippen molar-refractivity contribution in [2.45, 2.75) is 31.7 Å². The van der Waals surface area contributed by atoms with E-state index < -0.39 is 23.8 Å². The van der Waals surface area contributed by atoms with Gasteiger partial charge in [0.25, 0.3) is 0 Å². The zero-order valence-corrected chi connectivity index (χ0v) is 12.7. The molecule has 1 aromatic carbocycles. The Hall–Kier alpha value is -1.20. The van der Waals surface area contributed by atoms with Gasteiger partial charge in [-0.05, 0) is 30.5 Å². The molecule has 3 N–H and O–H groups in total. The highest BCUT2D eigenvalue weighted by Gasteiger charge is 2.37. The van der Waals surface area contributed by atoms with Crippen molar-refractivity contribution < 1.29 is 14.7 Å². The number of carbonyl (C=O) groups is 2. The molecule has 1 unspecified atom stereocenters. The van der Waals surface area contributed by atoms with Crippen molar-refractivity contribution in [1.82, 2.24) is 0 Å². The molecule has 1 aliphatic rings. The molecule has 4 nitrogen and oxygen atoms in total. The van der Waals surface area contributed by atoms with Gasteiger partial charge in [-0.1, -0.05) is 40.9 Å². The molecule has 5 heteroatoms. The van der Waals surface area contributed by atoms with E-state index in [0.717, 1.165) is 22.9 Å². The van der Waals surface area contributed by atoms with Crippen LogP contribution in [0.2, 0.25) is 0 Å². The van der Waals surface area contributed by atoms with E-state index in [1.165, 1.54) is 0 Å². The molecule has 0 spiro atoms. The number of aliphatic carboxylic acids is 1. The number of hydrogen-bond acceptors (Lipinski definition) is 3. The Balaban J connectivity index is 2.16. The topological polar surface area (TPSA) is 80.4 Å². The summed E-state index contributed by atoms with van der Waals surface area (Å²) in [7, 11) is 0. The van der Waals surface area contributed by atoms with Crippen LogP contribution in [0.15, 0.2) is 28.7 Å². The highest BCUT2D eigenvalue weighted by molar-refractivity contribution is 9.10. The van der Waals surface area contributed by atoms with E-state index >= 15 is 0 Å². The number of benzene rings is 1. The van der Waals surface area contributed by atoms with Gasteiger partial charge in [0.05, 0.1) is 12.0 Å². The van der Waals surface area contributed by atoms with Gasteiger partial charge in [-0.3, -0.25) is 9.59 Å². The monoisotopic (exact) mass is 339 g/mol. The predicted molar refractivity (Wildman–Crippen MR) is 79.2 cm³/mol. The number of nitrogens with two attached hydrogens (primary N) is 1. The average molecular weight is 340 g/mol. The Labute approximate surface area is 126 Å². The second-order valence-electron chi connectivity index (χ2n) is 5.27. The maximum atomic E-state index is 12.5. The molecule has 1 aliphatic carbocycles. The van der Waals surface area contributed by atoms with Crippen LogP contribution in [0.4, 0.5) is 0 Å². The third-order valence-corrected chi connectivity index (χ3v) is 4.51. The first-order chi connectivity index (χ1) is 9.50. The molecule has 3 atom stereocenters. The fourth-order valence-electron chi connectivity index (χ4n) is 2.83. The predicted octanol–water partition coefficient (Wildman–Crippen LogP) is 2.91. The minimum absolute atomic E-state index is 0.153. The Morgan fingerprint density at radius 3 is 2.25 bits per heavy atom. The van der Waals surface area contributed by atoms with Crippen LogP contribution < -0.4 is 5.73 Å². The lowest BCUT2D eigenvalue weighted by molar-refractivity contribution is -0.148. The van der Waals surface area contributed by atoms with Gasteiger partial charge >= 0.3 is 5.97 Å². The van der Waals surface area contributed by atoms with Crippen molar-refractivity contribution in [3.8, 4) is 0 Å². The van der Waals surface area contributed by atoms with Crippen molar-refractivity contribution in [2.24, 2.45) is 17.6 Å². The highest BCUT2D eigenvalue weighted by atomic mass is 79.9. The van der Waals surface area contributed by atoms with Gasteiger partial charge in [0.15, 0.2) is 5.78 Å². The molecule has 0 amide bonds. The smallest absolute Gasteiger partial charge is 0.307 e. The number of carboxylic acids is 1. The lowest BCUT2D eigenvalue weighted by atomic mass is 9.74. The van der Waals surface area contributed by atoms with E-state index in [9.17, 15) is 14.7 Å². The summed E-state index contributed by atoms with van der Waals surface area (Å²) in [4.78, 5) is 23.8. The SMILES string of the molecule is NC(C(=O)[C@@H]1CCCC[C@H]1C(=O)O)c1ccc(Br)cc1. The van der Waals surface area contributed by atoms with E-state index in [4.69, 9.17) is 5.73 Å². The molecule has 1 saturated carbocycles. The van der Waals surface area contributed by atoms with E-state index in [1.807, 2.05) is 12.1 Å². The quantitative estimate of drug-likeness (QED) is 0.883. The number of ketones is 1. The molecule has 0 saturated heterocycles. The maximum Gasteiger partial charge on any atom is 0.307 e. The molecular formula is C15H18BrNO3. The standard InChI is InChI=1S/C15H18BrNO3/c16-10-7-5-9(6-8-10)13(17)14(18)11-3-1-2-4-12(11)15(19)20/h5-8,11-13H,1-4,17H2,(H,19,20)/t11-,12-,13?/m1/s1. The Bertz CT molecular complexity index is 500. The van der Waals surface area contributed by atoms with E-state index in [1.54, 1.807) is 12.1 Å². The van der Waals surface area contributed by atoms with Crippen LogP contribution in [0.1, 0.15) is 37.3 Å². The van der Waals surface area contributed by atoms with Crippen LogP contribution in [0.5, 0.6) is 0 Å². The Kier molecular flexibility index (Phi) is 4.94. The van der Waals surface area contributed by atoms with Crippen LogP contribution >= 0.6 is 15.9 Å². The van der Waals surface area contributed by atoms with Crippen LogP contribution in [0, 0.1) is 11.8 Å². The third-order valence-electron chi connectivity index (χ3n) is 3.98. The van der Waals surface area contributed by atoms with E-state index in [2.05, 4.69) is 15.9 Å². The van der Waals surface area contributed by atoms with Crippen molar-refractivity contribution in [3.63, 3.8) is 0 Å². The zero-order valence-electron chi connectivity index (χ0n) is 11.1. The summed E-state index contributed by atoms with van der Waals surface area (Å²) in [5.74, 6) is -2.08. The summed E-state index contributed by atoms with van der Waals surface area (Å²) in [5, 5.41) is 9.25. The van der Waals surface area contributed by atoms with Crippen LogP contribution in [0.3, 0.4) is 0 Å². The first kappa shape index (κ1) is 15.2. The first-order valence-corrected chi connectivity index (χ1v) is 7.57. The summed E-state index contributed by atoms with van der Waals surface area (Å²) >= 11 is 3.33. The molecule has 20 heavy (non-hydrogen) atoms. The molecule has 0 heterocycles. The number of carbonyl (C=O) groups excluding carboxylic acids is 1. The minimum Gasteiger partial charge on any atom is -0.481 e. The average Bonchev–Trinajstić information content (AvgIpc) is 2.46. The molecule has 0 aromatic heterocycles. The summed E-state index contributed by atoms with van der Waals surface area (Å²) in [6, 6.07) is 6.51. The normalized spacial score (nSPS) is 24.1. The largest absolute Gasteiger partial charge is 0.481 e. The molecule has 0 bridgehead atoms. The molecule has 0 aliphatic heterocycles. The number of hydrogen-bond donors (Lipinski definition) is 2.